The van der Waals surface area contributed by atoms with Crippen molar-refractivity contribution in [3.05, 3.63) is 48.1 Å². The molecule has 5 fully saturated rings. The maximum atomic E-state index is 12.0. The van der Waals surface area contributed by atoms with Crippen LogP contribution in [-0.4, -0.2) is 67.6 Å². The zero-order chi connectivity index (χ0) is 34.0. The lowest BCUT2D eigenvalue weighted by molar-refractivity contribution is -0.221. The van der Waals surface area contributed by atoms with Gasteiger partial charge in [-0.3, -0.25) is 0 Å². The van der Waals surface area contributed by atoms with E-state index in [9.17, 15) is 13.2 Å². The van der Waals surface area contributed by atoms with Crippen LogP contribution >= 0.6 is 0 Å². The van der Waals surface area contributed by atoms with E-state index < -0.39 is 15.8 Å². The molecule has 6 rings (SSSR count). The number of aliphatic carboxylic acids is 1. The van der Waals surface area contributed by atoms with Crippen molar-refractivity contribution in [2.24, 2.45) is 51.2 Å². The third-order valence-corrected chi connectivity index (χ3v) is 17.3. The number of allylic oxidation sites excluding steroid dienone is 6. The summed E-state index contributed by atoms with van der Waals surface area (Å²) in [5, 5.41) is 13.2. The molecule has 1 aliphatic heterocycles. The summed E-state index contributed by atoms with van der Waals surface area (Å²) in [6, 6.07) is 0. The summed E-state index contributed by atoms with van der Waals surface area (Å²) >= 11 is 0. The van der Waals surface area contributed by atoms with Crippen molar-refractivity contribution < 1.29 is 18.3 Å². The predicted molar refractivity (Wildman–Crippen MR) is 192 cm³/mol. The Morgan fingerprint density at radius 3 is 2.38 bits per heavy atom. The summed E-state index contributed by atoms with van der Waals surface area (Å²) in [6.07, 6.45) is 20.6. The molecule has 9 atom stereocenters. The minimum atomic E-state index is -2.86. The summed E-state index contributed by atoms with van der Waals surface area (Å²) in [5.74, 6) is 2.84. The Labute approximate surface area is 285 Å². The number of nitrogens with zero attached hydrogens (tertiary/aromatic N) is 1. The van der Waals surface area contributed by atoms with Crippen LogP contribution < -0.4 is 5.32 Å². The highest BCUT2D eigenvalue weighted by Gasteiger charge is 2.70. The van der Waals surface area contributed by atoms with Crippen molar-refractivity contribution in [2.75, 3.05) is 37.7 Å². The third-order valence-electron chi connectivity index (χ3n) is 15.7. The number of hydrogen-bond donors (Lipinski definition) is 2. The molecule has 0 spiro atoms. The lowest BCUT2D eigenvalue weighted by atomic mass is 9.33. The summed E-state index contributed by atoms with van der Waals surface area (Å²) in [6.45, 7) is 22.9. The largest absolute Gasteiger partial charge is 0.478 e. The van der Waals surface area contributed by atoms with Gasteiger partial charge in [0.05, 0.1) is 11.5 Å². The molecule has 0 amide bonds. The highest BCUT2D eigenvalue weighted by Crippen LogP contribution is 2.76. The summed E-state index contributed by atoms with van der Waals surface area (Å²) in [5.41, 5.74) is 3.74. The third kappa shape index (κ3) is 5.76. The lowest BCUT2D eigenvalue weighted by Gasteiger charge is -2.72. The zero-order valence-electron chi connectivity index (χ0n) is 30.1. The molecule has 0 radical (unpaired) electrons. The molecule has 262 valence electrons. The number of carboxylic acids is 1. The van der Waals surface area contributed by atoms with Crippen molar-refractivity contribution in [1.29, 1.82) is 0 Å². The van der Waals surface area contributed by atoms with E-state index in [4.69, 9.17) is 5.11 Å². The second-order valence-electron chi connectivity index (χ2n) is 17.9. The van der Waals surface area contributed by atoms with Crippen LogP contribution in [0.25, 0.3) is 0 Å². The highest BCUT2D eigenvalue weighted by atomic mass is 32.2. The molecule has 0 aromatic carbocycles. The van der Waals surface area contributed by atoms with Crippen molar-refractivity contribution in [2.45, 2.75) is 105 Å². The van der Waals surface area contributed by atoms with Gasteiger partial charge in [-0.05, 0) is 122 Å². The Bertz CT molecular complexity index is 1450. The van der Waals surface area contributed by atoms with E-state index in [2.05, 4.69) is 70.5 Å². The van der Waals surface area contributed by atoms with Crippen LogP contribution in [0.15, 0.2) is 48.1 Å². The van der Waals surface area contributed by atoms with Crippen LogP contribution in [0, 0.1) is 51.2 Å². The average molecular weight is 667 g/mol. The summed E-state index contributed by atoms with van der Waals surface area (Å²) in [7, 11) is -2.86. The van der Waals surface area contributed by atoms with Crippen LogP contribution in [0.4, 0.5) is 0 Å². The quantitative estimate of drug-likeness (QED) is 0.159. The first-order valence-corrected chi connectivity index (χ1v) is 20.4. The van der Waals surface area contributed by atoms with Gasteiger partial charge in [0.15, 0.2) is 9.84 Å². The minimum Gasteiger partial charge on any atom is -0.478 e. The van der Waals surface area contributed by atoms with Crippen molar-refractivity contribution in [3.63, 3.8) is 0 Å². The molecular formula is C40H62N2O4S. The number of carbonyl (C=O) groups is 1. The van der Waals surface area contributed by atoms with Gasteiger partial charge < -0.3 is 15.3 Å². The lowest BCUT2D eigenvalue weighted by Crippen LogP contribution is -2.68. The van der Waals surface area contributed by atoms with Crippen molar-refractivity contribution in [3.8, 4) is 0 Å². The van der Waals surface area contributed by atoms with E-state index in [0.29, 0.717) is 54.2 Å². The number of carboxylic acid groups (broad SMARTS) is 1. The summed E-state index contributed by atoms with van der Waals surface area (Å²) < 4.78 is 24.0. The van der Waals surface area contributed by atoms with Gasteiger partial charge in [0.25, 0.3) is 0 Å². The van der Waals surface area contributed by atoms with E-state index in [1.807, 2.05) is 6.08 Å². The zero-order valence-corrected chi connectivity index (χ0v) is 30.9. The van der Waals surface area contributed by atoms with E-state index in [1.54, 1.807) is 6.08 Å². The topological polar surface area (TPSA) is 86.7 Å². The molecule has 4 saturated carbocycles. The smallest absolute Gasteiger partial charge is 0.328 e. The van der Waals surface area contributed by atoms with Crippen molar-refractivity contribution in [1.82, 2.24) is 10.2 Å². The summed E-state index contributed by atoms with van der Waals surface area (Å²) in [4.78, 5) is 13.3. The Kier molecular flexibility index (Phi) is 9.17. The second kappa shape index (κ2) is 12.3. The Balaban J connectivity index is 1.24. The van der Waals surface area contributed by atoms with Gasteiger partial charge in [0, 0.05) is 37.8 Å². The molecule has 0 aromatic heterocycles. The fourth-order valence-electron chi connectivity index (χ4n) is 13.1. The molecule has 5 aliphatic carbocycles. The predicted octanol–water partition coefficient (Wildman–Crippen LogP) is 7.45. The Morgan fingerprint density at radius 2 is 1.70 bits per heavy atom. The van der Waals surface area contributed by atoms with Gasteiger partial charge in [-0.2, -0.15) is 0 Å². The van der Waals surface area contributed by atoms with Gasteiger partial charge in [0.1, 0.15) is 0 Å². The fourth-order valence-corrected chi connectivity index (χ4v) is 14.4. The van der Waals surface area contributed by atoms with Gasteiger partial charge >= 0.3 is 5.97 Å². The van der Waals surface area contributed by atoms with Crippen LogP contribution in [0.1, 0.15) is 99.3 Å². The van der Waals surface area contributed by atoms with Gasteiger partial charge in [-0.1, -0.05) is 71.1 Å². The number of sulfone groups is 1. The first-order valence-electron chi connectivity index (χ1n) is 18.6. The molecule has 7 heteroatoms. The molecule has 6 nitrogen and oxygen atoms in total. The minimum absolute atomic E-state index is 0.0420. The SMILES string of the molecule is C=C(C)[C@@H]1CC[C@]2(NCCN3CCS(=O)(=O)CC3)CC[C@]3(C)[C@H](CC[C@@H]4[C@@]5(C)CC=C(C=C/C=C/C(=O)O)C(C)(C)[C@@H]5CC[C@]43C)[C@@H]12. The molecule has 1 saturated heterocycles. The monoisotopic (exact) mass is 666 g/mol. The van der Waals surface area contributed by atoms with E-state index >= 15 is 0 Å². The number of hydrogen-bond acceptors (Lipinski definition) is 5. The normalized spacial score (nSPS) is 44.3. The Hall–Kier alpha value is -1.70. The van der Waals surface area contributed by atoms with Gasteiger partial charge in [-0.15, -0.1) is 0 Å². The number of rotatable bonds is 8. The van der Waals surface area contributed by atoms with Gasteiger partial charge in [-0.25, -0.2) is 13.2 Å². The molecule has 47 heavy (non-hydrogen) atoms. The van der Waals surface area contributed by atoms with Crippen LogP contribution in [0.2, 0.25) is 0 Å². The van der Waals surface area contributed by atoms with E-state index in [-0.39, 0.29) is 27.2 Å². The molecular weight excluding hydrogens is 605 g/mol. The fraction of sp³-hybridized carbons (Fsp3) is 0.775. The average Bonchev–Trinajstić information content (AvgIpc) is 3.37. The second-order valence-corrected chi connectivity index (χ2v) is 20.2. The maximum Gasteiger partial charge on any atom is 0.328 e. The molecule has 2 N–H and O–H groups in total. The molecule has 0 bridgehead atoms. The Morgan fingerprint density at radius 1 is 0.979 bits per heavy atom. The number of nitrogens with one attached hydrogen (secondary N) is 1. The van der Waals surface area contributed by atoms with Gasteiger partial charge in [0.2, 0.25) is 0 Å². The number of fused-ring (bicyclic) bond motifs is 7. The maximum absolute atomic E-state index is 12.0. The standard InChI is InChI=1S/C40H62N2O4S/c1-28(2)30-15-19-40(41-22-23-42-24-26-47(45,46)27-25-42)21-20-38(6)31(35(30)40)12-13-33-37(5)17-14-29(10-8-9-11-34(43)44)36(3,4)32(37)16-18-39(33,38)7/h8-11,14,30-33,35,41H,1,12-13,15-27H2,2-7H3,(H,43,44)/b10-8?,11-9+/t30-,31+,32-,33+,35+,37-,38+,39+,40-/m0/s1. The van der Waals surface area contributed by atoms with Crippen LogP contribution in [0.3, 0.4) is 0 Å². The van der Waals surface area contributed by atoms with E-state index in [1.165, 1.54) is 68.6 Å². The molecule has 6 aliphatic rings. The van der Waals surface area contributed by atoms with Crippen molar-refractivity contribution >= 4 is 15.8 Å². The first kappa shape index (κ1) is 35.1. The molecule has 1 heterocycles. The van der Waals surface area contributed by atoms with Crippen LogP contribution in [0.5, 0.6) is 0 Å². The molecule has 0 aromatic rings. The highest BCUT2D eigenvalue weighted by molar-refractivity contribution is 7.91. The first-order chi connectivity index (χ1) is 22.0. The van der Waals surface area contributed by atoms with Crippen LogP contribution in [-0.2, 0) is 14.6 Å². The molecule has 0 unspecified atom stereocenters. The van der Waals surface area contributed by atoms with E-state index in [0.717, 1.165) is 19.5 Å².